The van der Waals surface area contributed by atoms with Crippen LogP contribution in [0.15, 0.2) is 36.0 Å². The molecule has 0 aromatic carbocycles. The average Bonchev–Trinajstić information content (AvgIpc) is 2.53. The zero-order valence-electron chi connectivity index (χ0n) is 7.57. The van der Waals surface area contributed by atoms with Crippen LogP contribution in [-0.4, -0.2) is 23.9 Å². The van der Waals surface area contributed by atoms with Crippen molar-refractivity contribution in [3.63, 3.8) is 0 Å². The van der Waals surface area contributed by atoms with Gasteiger partial charge in [-0.2, -0.15) is 0 Å². The molecule has 1 N–H and O–H groups in total. The topological polar surface area (TPSA) is 29.5 Å². The largest absolute Gasteiger partial charge is 0.388 e. The first-order chi connectivity index (χ1) is 6.31. The fourth-order valence-electron chi connectivity index (χ4n) is 2.01. The number of allylic oxidation sites excluding steroid dienone is 2. The first-order valence-electron chi connectivity index (χ1n) is 4.61. The number of hydrogen-bond acceptors (Lipinski definition) is 2. The van der Waals surface area contributed by atoms with Gasteiger partial charge in [-0.1, -0.05) is 30.4 Å². The summed E-state index contributed by atoms with van der Waals surface area (Å²) in [5.41, 5.74) is 2.30. The Labute approximate surface area is 78.2 Å². The fourth-order valence-corrected chi connectivity index (χ4v) is 2.01. The molecule has 1 fully saturated rings. The molecule has 2 nitrogen and oxygen atoms in total. The van der Waals surface area contributed by atoms with Crippen LogP contribution in [0.25, 0.3) is 0 Å². The van der Waals surface area contributed by atoms with E-state index in [1.807, 2.05) is 12.2 Å². The summed E-state index contributed by atoms with van der Waals surface area (Å²) >= 11 is 0. The maximum absolute atomic E-state index is 9.75. The molecule has 0 bridgehead atoms. The number of fused-ring (bicyclic) bond motifs is 1. The van der Waals surface area contributed by atoms with Crippen LogP contribution in [0.5, 0.6) is 0 Å². The summed E-state index contributed by atoms with van der Waals surface area (Å²) in [7, 11) is 0. The van der Waals surface area contributed by atoms with Gasteiger partial charge >= 0.3 is 0 Å². The third-order valence-corrected chi connectivity index (χ3v) is 2.63. The minimum Gasteiger partial charge on any atom is -0.388 e. The van der Waals surface area contributed by atoms with E-state index in [2.05, 4.69) is 6.58 Å². The molecule has 2 heteroatoms. The molecule has 0 unspecified atom stereocenters. The van der Waals surface area contributed by atoms with Gasteiger partial charge in [0.15, 0.2) is 0 Å². The van der Waals surface area contributed by atoms with Crippen LogP contribution in [0.2, 0.25) is 0 Å². The molecule has 2 aliphatic rings. The summed E-state index contributed by atoms with van der Waals surface area (Å²) in [5, 5.41) is 9.75. The second-order valence-electron chi connectivity index (χ2n) is 3.51. The molecule has 2 atom stereocenters. The molecular weight excluding hydrogens is 164 g/mol. The van der Waals surface area contributed by atoms with E-state index < -0.39 is 0 Å². The molecule has 0 spiro atoms. The number of hydrogen-bond donors (Lipinski definition) is 1. The van der Waals surface area contributed by atoms with Gasteiger partial charge in [-0.3, -0.25) is 0 Å². The summed E-state index contributed by atoms with van der Waals surface area (Å²) in [5.74, 6) is 0. The van der Waals surface area contributed by atoms with Crippen LogP contribution in [0, 0.1) is 0 Å². The minimum absolute atomic E-state index is 0.120. The summed E-state index contributed by atoms with van der Waals surface area (Å²) in [6.07, 6.45) is 7.17. The molecule has 0 aromatic rings. The van der Waals surface area contributed by atoms with Gasteiger partial charge in [-0.15, -0.1) is 0 Å². The van der Waals surface area contributed by atoms with Crippen LogP contribution in [0.4, 0.5) is 0 Å². The van der Waals surface area contributed by atoms with Gasteiger partial charge in [-0.25, -0.2) is 0 Å². The smallest absolute Gasteiger partial charge is 0.0852 e. The number of rotatable bonds is 1. The second-order valence-corrected chi connectivity index (χ2v) is 3.51. The highest BCUT2D eigenvalue weighted by Gasteiger charge is 2.31. The SMILES string of the molecule is C=C/C=C1\C[C@@H](O)C2=CCO[C@@H]2C1. The van der Waals surface area contributed by atoms with E-state index in [1.165, 1.54) is 5.57 Å². The van der Waals surface area contributed by atoms with E-state index in [1.54, 1.807) is 6.08 Å². The van der Waals surface area contributed by atoms with Crippen LogP contribution in [0.1, 0.15) is 12.8 Å². The second kappa shape index (κ2) is 3.48. The van der Waals surface area contributed by atoms with Gasteiger partial charge < -0.3 is 9.84 Å². The Kier molecular flexibility index (Phi) is 2.34. The molecule has 1 heterocycles. The van der Waals surface area contributed by atoms with E-state index in [0.29, 0.717) is 6.61 Å². The Morgan fingerprint density at radius 1 is 1.54 bits per heavy atom. The lowest BCUT2D eigenvalue weighted by molar-refractivity contribution is 0.0851. The quantitative estimate of drug-likeness (QED) is 0.618. The van der Waals surface area contributed by atoms with Crippen molar-refractivity contribution in [2.24, 2.45) is 0 Å². The van der Waals surface area contributed by atoms with Crippen LogP contribution < -0.4 is 0 Å². The third kappa shape index (κ3) is 1.60. The summed E-state index contributed by atoms with van der Waals surface area (Å²) in [6, 6.07) is 0. The van der Waals surface area contributed by atoms with Gasteiger partial charge in [-0.05, 0) is 18.4 Å². The van der Waals surface area contributed by atoms with Gasteiger partial charge in [0.05, 0.1) is 18.8 Å². The molecule has 0 aromatic heterocycles. The summed E-state index contributed by atoms with van der Waals surface area (Å²) in [6.45, 7) is 4.30. The van der Waals surface area contributed by atoms with E-state index >= 15 is 0 Å². The minimum atomic E-state index is -0.340. The van der Waals surface area contributed by atoms with Crippen molar-refractivity contribution in [3.8, 4) is 0 Å². The maximum atomic E-state index is 9.75. The van der Waals surface area contributed by atoms with E-state index in [9.17, 15) is 5.11 Å². The first-order valence-corrected chi connectivity index (χ1v) is 4.61. The van der Waals surface area contributed by atoms with Crippen molar-refractivity contribution >= 4 is 0 Å². The molecule has 1 aliphatic carbocycles. The predicted molar refractivity (Wildman–Crippen MR) is 51.3 cm³/mol. The van der Waals surface area contributed by atoms with Crippen LogP contribution >= 0.6 is 0 Å². The van der Waals surface area contributed by atoms with Gasteiger partial charge in [0.2, 0.25) is 0 Å². The first kappa shape index (κ1) is 8.73. The molecule has 70 valence electrons. The molecule has 1 saturated carbocycles. The number of aliphatic hydroxyl groups is 1. The average molecular weight is 178 g/mol. The Morgan fingerprint density at radius 3 is 3.15 bits per heavy atom. The summed E-state index contributed by atoms with van der Waals surface area (Å²) < 4.78 is 5.48. The summed E-state index contributed by atoms with van der Waals surface area (Å²) in [4.78, 5) is 0. The third-order valence-electron chi connectivity index (χ3n) is 2.63. The molecule has 0 amide bonds. The Balaban J connectivity index is 2.16. The van der Waals surface area contributed by atoms with Gasteiger partial charge in [0.1, 0.15) is 0 Å². The molecule has 13 heavy (non-hydrogen) atoms. The highest BCUT2D eigenvalue weighted by atomic mass is 16.5. The molecular formula is C11H14O2. The highest BCUT2D eigenvalue weighted by Crippen LogP contribution is 2.33. The Morgan fingerprint density at radius 2 is 2.38 bits per heavy atom. The normalized spacial score (nSPS) is 35.8. The molecule has 1 aliphatic heterocycles. The fraction of sp³-hybridized carbons (Fsp3) is 0.455. The van der Waals surface area contributed by atoms with Crippen molar-refractivity contribution in [3.05, 3.63) is 36.0 Å². The van der Waals surface area contributed by atoms with Crippen molar-refractivity contribution in [1.82, 2.24) is 0 Å². The van der Waals surface area contributed by atoms with E-state index in [-0.39, 0.29) is 12.2 Å². The highest BCUT2D eigenvalue weighted by molar-refractivity contribution is 5.29. The monoisotopic (exact) mass is 178 g/mol. The molecule has 0 radical (unpaired) electrons. The maximum Gasteiger partial charge on any atom is 0.0852 e. The van der Waals surface area contributed by atoms with Crippen molar-refractivity contribution in [2.75, 3.05) is 6.61 Å². The van der Waals surface area contributed by atoms with Crippen LogP contribution in [-0.2, 0) is 4.74 Å². The predicted octanol–water partition coefficient (Wildman–Crippen LogP) is 1.58. The lowest BCUT2D eigenvalue weighted by Crippen LogP contribution is -2.27. The Hall–Kier alpha value is -0.860. The zero-order valence-corrected chi connectivity index (χ0v) is 7.57. The number of ether oxygens (including phenoxy) is 1. The van der Waals surface area contributed by atoms with E-state index in [0.717, 1.165) is 18.4 Å². The zero-order chi connectivity index (χ0) is 9.26. The lowest BCUT2D eigenvalue weighted by Gasteiger charge is -2.27. The molecule has 2 rings (SSSR count). The van der Waals surface area contributed by atoms with Crippen LogP contribution in [0.3, 0.4) is 0 Å². The van der Waals surface area contributed by atoms with Gasteiger partial charge in [0, 0.05) is 0 Å². The molecule has 0 saturated heterocycles. The van der Waals surface area contributed by atoms with Crippen molar-refractivity contribution in [2.45, 2.75) is 25.0 Å². The Bertz CT molecular complexity index is 276. The van der Waals surface area contributed by atoms with Gasteiger partial charge in [0.25, 0.3) is 0 Å². The standard InChI is InChI=1S/C11H14O2/c1-2-3-8-6-10(12)9-4-5-13-11(9)7-8/h2-4,10-12H,1,5-7H2/b8-3+/t10-,11-/m1/s1. The number of aliphatic hydroxyl groups excluding tert-OH is 1. The van der Waals surface area contributed by atoms with E-state index in [4.69, 9.17) is 4.74 Å². The lowest BCUT2D eigenvalue weighted by atomic mass is 9.86. The van der Waals surface area contributed by atoms with Crippen molar-refractivity contribution in [1.29, 1.82) is 0 Å². The van der Waals surface area contributed by atoms with Crippen molar-refractivity contribution < 1.29 is 9.84 Å².